The summed E-state index contributed by atoms with van der Waals surface area (Å²) >= 11 is 1.40. The number of likely N-dealkylation sites (tertiary alicyclic amines) is 1. The number of aryl methyl sites for hydroxylation is 1. The van der Waals surface area contributed by atoms with Gasteiger partial charge in [0.2, 0.25) is 15.9 Å². The van der Waals surface area contributed by atoms with Crippen LogP contribution in [0.1, 0.15) is 24.1 Å². The number of halogens is 1. The van der Waals surface area contributed by atoms with E-state index in [4.69, 9.17) is 0 Å². The first-order valence-electron chi connectivity index (χ1n) is 9.96. The molecule has 3 heterocycles. The van der Waals surface area contributed by atoms with Gasteiger partial charge in [0.1, 0.15) is 22.3 Å². The first-order chi connectivity index (χ1) is 14.8. The van der Waals surface area contributed by atoms with Gasteiger partial charge in [-0.25, -0.2) is 22.5 Å². The number of benzene rings is 1. The SMILES string of the molecule is Cc1csc(-c2cc(S(=O)(=O)NCc3ccc(F)cc3)cn2CC(=O)N2CCCC2)n1. The molecule has 1 aromatic carbocycles. The van der Waals surface area contributed by atoms with E-state index in [1.165, 1.54) is 41.8 Å². The number of carbonyl (C=O) groups excluding carboxylic acids is 1. The summed E-state index contributed by atoms with van der Waals surface area (Å²) in [6.45, 7) is 3.42. The summed E-state index contributed by atoms with van der Waals surface area (Å²) in [4.78, 5) is 19.0. The van der Waals surface area contributed by atoms with Gasteiger partial charge in [-0.2, -0.15) is 0 Å². The summed E-state index contributed by atoms with van der Waals surface area (Å²) in [5, 5.41) is 2.54. The Kier molecular flexibility index (Phi) is 6.22. The van der Waals surface area contributed by atoms with E-state index >= 15 is 0 Å². The van der Waals surface area contributed by atoms with Crippen molar-refractivity contribution >= 4 is 27.3 Å². The summed E-state index contributed by atoms with van der Waals surface area (Å²) in [5.41, 5.74) is 2.06. The lowest BCUT2D eigenvalue weighted by atomic mass is 10.2. The van der Waals surface area contributed by atoms with Gasteiger partial charge in [-0.1, -0.05) is 12.1 Å². The van der Waals surface area contributed by atoms with E-state index in [2.05, 4.69) is 9.71 Å². The number of hydrogen-bond donors (Lipinski definition) is 1. The largest absolute Gasteiger partial charge is 0.341 e. The van der Waals surface area contributed by atoms with Gasteiger partial charge in [-0.05, 0) is 43.5 Å². The Morgan fingerprint density at radius 3 is 2.58 bits per heavy atom. The van der Waals surface area contributed by atoms with Gasteiger partial charge >= 0.3 is 0 Å². The molecule has 164 valence electrons. The van der Waals surface area contributed by atoms with Crippen LogP contribution in [-0.2, 0) is 27.9 Å². The van der Waals surface area contributed by atoms with E-state index in [0.717, 1.165) is 31.6 Å². The highest BCUT2D eigenvalue weighted by molar-refractivity contribution is 7.89. The molecule has 1 fully saturated rings. The number of thiazole rings is 1. The lowest BCUT2D eigenvalue weighted by Crippen LogP contribution is -2.31. The number of nitrogens with zero attached hydrogens (tertiary/aromatic N) is 3. The maximum atomic E-state index is 13.1. The predicted molar refractivity (Wildman–Crippen MR) is 117 cm³/mol. The highest BCUT2D eigenvalue weighted by Crippen LogP contribution is 2.28. The van der Waals surface area contributed by atoms with Crippen molar-refractivity contribution < 1.29 is 17.6 Å². The molecule has 7 nitrogen and oxygen atoms in total. The number of amides is 1. The molecular weight excluding hydrogens is 439 g/mol. The zero-order valence-electron chi connectivity index (χ0n) is 17.0. The molecular formula is C21H23FN4O3S2. The fraction of sp³-hybridized carbons (Fsp3) is 0.333. The van der Waals surface area contributed by atoms with Gasteiger partial charge in [0.25, 0.3) is 0 Å². The van der Waals surface area contributed by atoms with Crippen LogP contribution in [0.5, 0.6) is 0 Å². The average Bonchev–Trinajstić information content (AvgIpc) is 3.48. The third-order valence-corrected chi connectivity index (χ3v) is 7.51. The van der Waals surface area contributed by atoms with Gasteiger partial charge in [0.15, 0.2) is 0 Å². The molecule has 3 aromatic rings. The molecule has 1 amide bonds. The average molecular weight is 463 g/mol. The van der Waals surface area contributed by atoms with Crippen LogP contribution in [0.25, 0.3) is 10.7 Å². The molecule has 1 aliphatic rings. The van der Waals surface area contributed by atoms with Crippen molar-refractivity contribution in [2.45, 2.75) is 37.8 Å². The molecule has 0 aliphatic carbocycles. The zero-order chi connectivity index (χ0) is 22.0. The summed E-state index contributed by atoms with van der Waals surface area (Å²) in [7, 11) is -3.84. The van der Waals surface area contributed by atoms with Crippen LogP contribution in [-0.4, -0.2) is 41.9 Å². The topological polar surface area (TPSA) is 84.3 Å². The van der Waals surface area contributed by atoms with Gasteiger partial charge in [0.05, 0.1) is 5.69 Å². The molecule has 0 bridgehead atoms. The lowest BCUT2D eigenvalue weighted by Gasteiger charge is -2.16. The van der Waals surface area contributed by atoms with E-state index in [0.29, 0.717) is 16.3 Å². The summed E-state index contributed by atoms with van der Waals surface area (Å²) in [6, 6.07) is 7.17. The number of hydrogen-bond acceptors (Lipinski definition) is 5. The number of rotatable bonds is 7. The maximum absolute atomic E-state index is 13.1. The highest BCUT2D eigenvalue weighted by Gasteiger charge is 2.24. The fourth-order valence-electron chi connectivity index (χ4n) is 3.49. The van der Waals surface area contributed by atoms with Crippen molar-refractivity contribution in [3.05, 3.63) is 59.0 Å². The molecule has 2 aromatic heterocycles. The summed E-state index contributed by atoms with van der Waals surface area (Å²) in [5.74, 6) is -0.416. The fourth-order valence-corrected chi connectivity index (χ4v) is 5.37. The molecule has 0 saturated carbocycles. The Balaban J connectivity index is 1.60. The zero-order valence-corrected chi connectivity index (χ0v) is 18.7. The normalized spacial score (nSPS) is 14.3. The predicted octanol–water partition coefficient (Wildman–Crippen LogP) is 3.16. The van der Waals surface area contributed by atoms with Crippen molar-refractivity contribution in [2.75, 3.05) is 13.1 Å². The standard InChI is InChI=1S/C21H23FN4O3S2/c1-15-14-30-21(24-15)19-10-18(12-26(19)13-20(27)25-8-2-3-9-25)31(28,29)23-11-16-4-6-17(22)7-5-16/h4-7,10,12,14,23H,2-3,8-9,11,13H2,1H3. The number of sulfonamides is 1. The maximum Gasteiger partial charge on any atom is 0.242 e. The van der Waals surface area contributed by atoms with E-state index in [1.807, 2.05) is 12.3 Å². The van der Waals surface area contributed by atoms with E-state index in [1.54, 1.807) is 15.5 Å². The van der Waals surface area contributed by atoms with Crippen LogP contribution in [0.4, 0.5) is 4.39 Å². The quantitative estimate of drug-likeness (QED) is 0.585. The number of aromatic nitrogens is 2. The molecule has 4 rings (SSSR count). The lowest BCUT2D eigenvalue weighted by molar-refractivity contribution is -0.130. The minimum absolute atomic E-state index is 0.0339. The van der Waals surface area contributed by atoms with Crippen molar-refractivity contribution in [1.82, 2.24) is 19.2 Å². The molecule has 31 heavy (non-hydrogen) atoms. The number of carbonyl (C=O) groups is 1. The van der Waals surface area contributed by atoms with E-state index < -0.39 is 10.0 Å². The second kappa shape index (κ2) is 8.89. The molecule has 1 aliphatic heterocycles. The van der Waals surface area contributed by atoms with Gasteiger partial charge in [-0.3, -0.25) is 4.79 Å². The van der Waals surface area contributed by atoms with Gasteiger partial charge in [-0.15, -0.1) is 11.3 Å². The Morgan fingerprint density at radius 2 is 1.94 bits per heavy atom. The van der Waals surface area contributed by atoms with Crippen LogP contribution in [0.3, 0.4) is 0 Å². The third-order valence-electron chi connectivity index (χ3n) is 5.16. The minimum atomic E-state index is -3.84. The summed E-state index contributed by atoms with van der Waals surface area (Å²) < 4.78 is 43.1. The van der Waals surface area contributed by atoms with E-state index in [9.17, 15) is 17.6 Å². The van der Waals surface area contributed by atoms with Crippen molar-refractivity contribution in [3.8, 4) is 10.7 Å². The van der Waals surface area contributed by atoms with Crippen LogP contribution in [0.15, 0.2) is 46.8 Å². The second-order valence-electron chi connectivity index (χ2n) is 7.52. The first-order valence-corrected chi connectivity index (χ1v) is 12.3. The van der Waals surface area contributed by atoms with Gasteiger partial charge in [0, 0.05) is 36.9 Å². The minimum Gasteiger partial charge on any atom is -0.341 e. The first kappa shape index (κ1) is 21.7. The van der Waals surface area contributed by atoms with Crippen molar-refractivity contribution in [2.24, 2.45) is 0 Å². The van der Waals surface area contributed by atoms with Crippen LogP contribution in [0, 0.1) is 12.7 Å². The molecule has 10 heteroatoms. The van der Waals surface area contributed by atoms with E-state index in [-0.39, 0.29) is 29.7 Å². The summed E-state index contributed by atoms with van der Waals surface area (Å²) in [6.07, 6.45) is 3.46. The van der Waals surface area contributed by atoms with Crippen LogP contribution in [0.2, 0.25) is 0 Å². The number of nitrogens with one attached hydrogen (secondary N) is 1. The highest BCUT2D eigenvalue weighted by atomic mass is 32.2. The van der Waals surface area contributed by atoms with Gasteiger partial charge < -0.3 is 9.47 Å². The third kappa shape index (κ3) is 5.03. The molecule has 0 radical (unpaired) electrons. The molecule has 1 N–H and O–H groups in total. The van der Waals surface area contributed by atoms with Crippen LogP contribution < -0.4 is 4.72 Å². The monoisotopic (exact) mass is 462 g/mol. The van der Waals surface area contributed by atoms with Crippen molar-refractivity contribution in [1.29, 1.82) is 0 Å². The molecule has 1 saturated heterocycles. The Morgan fingerprint density at radius 1 is 1.23 bits per heavy atom. The smallest absolute Gasteiger partial charge is 0.242 e. The Labute approximate surface area is 184 Å². The van der Waals surface area contributed by atoms with Crippen LogP contribution >= 0.6 is 11.3 Å². The molecule has 0 unspecified atom stereocenters. The van der Waals surface area contributed by atoms with Crippen molar-refractivity contribution in [3.63, 3.8) is 0 Å². The molecule has 0 atom stereocenters. The second-order valence-corrected chi connectivity index (χ2v) is 10.1. The Bertz CT molecular complexity index is 1180. The molecule has 0 spiro atoms. The Hall–Kier alpha value is -2.56.